The molecule has 2 aromatic carbocycles. The molecule has 1 aliphatic heterocycles. The number of methoxy groups -OCH3 is 1. The van der Waals surface area contributed by atoms with Crippen molar-refractivity contribution in [2.45, 2.75) is 19.8 Å². The van der Waals surface area contributed by atoms with Gasteiger partial charge < -0.3 is 20.3 Å². The number of anilines is 2. The number of carbonyl (C=O) groups excluding carboxylic acids is 2. The van der Waals surface area contributed by atoms with Gasteiger partial charge in [-0.1, -0.05) is 19.1 Å². The number of piperazine rings is 1. The Morgan fingerprint density at radius 3 is 2.23 bits per heavy atom. The van der Waals surface area contributed by atoms with Crippen molar-refractivity contribution in [1.29, 1.82) is 0 Å². The van der Waals surface area contributed by atoms with Gasteiger partial charge >= 0.3 is 11.8 Å². The van der Waals surface area contributed by atoms with Crippen LogP contribution in [-0.4, -0.2) is 63.1 Å². The van der Waals surface area contributed by atoms with Crippen molar-refractivity contribution in [3.63, 3.8) is 0 Å². The van der Waals surface area contributed by atoms with Gasteiger partial charge in [0.1, 0.15) is 5.75 Å². The Morgan fingerprint density at radius 1 is 0.935 bits per heavy atom. The highest BCUT2D eigenvalue weighted by molar-refractivity contribution is 6.39. The van der Waals surface area contributed by atoms with Crippen LogP contribution in [0.5, 0.6) is 5.75 Å². The molecule has 0 saturated carbocycles. The molecule has 0 radical (unpaired) electrons. The number of hydrogen-bond donors (Lipinski definition) is 2. The van der Waals surface area contributed by atoms with E-state index in [9.17, 15) is 9.59 Å². The van der Waals surface area contributed by atoms with Crippen LogP contribution in [0.2, 0.25) is 0 Å². The van der Waals surface area contributed by atoms with Crippen LogP contribution in [-0.2, 0) is 16.0 Å². The molecular weight excluding hydrogens is 392 g/mol. The zero-order chi connectivity index (χ0) is 22.1. The van der Waals surface area contributed by atoms with Gasteiger partial charge in [-0.2, -0.15) is 0 Å². The standard InChI is InChI=1S/C24H32N4O3/c1-3-19-5-7-20(8-6-19)26-24(30)23(29)25-13-4-14-27-15-17-28(18-16-27)21-9-11-22(31-2)12-10-21/h5-12H,3-4,13-18H2,1-2H3,(H,25,29)(H,26,30). The second kappa shape index (κ2) is 11.4. The Labute approximate surface area is 184 Å². The van der Waals surface area contributed by atoms with Crippen LogP contribution >= 0.6 is 0 Å². The first-order valence-electron chi connectivity index (χ1n) is 10.9. The van der Waals surface area contributed by atoms with Crippen LogP contribution < -0.4 is 20.3 Å². The van der Waals surface area contributed by atoms with E-state index in [2.05, 4.69) is 39.5 Å². The van der Waals surface area contributed by atoms with E-state index in [0.717, 1.165) is 51.3 Å². The molecule has 166 valence electrons. The molecule has 0 unspecified atom stereocenters. The number of rotatable bonds is 8. The number of nitrogens with one attached hydrogen (secondary N) is 2. The van der Waals surface area contributed by atoms with Gasteiger partial charge in [0, 0.05) is 44.1 Å². The van der Waals surface area contributed by atoms with Crippen LogP contribution in [0, 0.1) is 0 Å². The number of carbonyl (C=O) groups is 2. The first-order valence-corrected chi connectivity index (χ1v) is 10.9. The van der Waals surface area contributed by atoms with E-state index in [-0.39, 0.29) is 0 Å². The van der Waals surface area contributed by atoms with Gasteiger partial charge in [-0.05, 0) is 61.3 Å². The summed E-state index contributed by atoms with van der Waals surface area (Å²) in [6, 6.07) is 15.7. The summed E-state index contributed by atoms with van der Waals surface area (Å²) >= 11 is 0. The third kappa shape index (κ3) is 6.72. The van der Waals surface area contributed by atoms with E-state index < -0.39 is 11.8 Å². The Balaban J connectivity index is 1.31. The summed E-state index contributed by atoms with van der Waals surface area (Å²) in [4.78, 5) is 28.8. The first-order chi connectivity index (χ1) is 15.1. The lowest BCUT2D eigenvalue weighted by Crippen LogP contribution is -2.47. The van der Waals surface area contributed by atoms with Crippen molar-refractivity contribution >= 4 is 23.2 Å². The molecule has 31 heavy (non-hydrogen) atoms. The molecule has 0 atom stereocenters. The van der Waals surface area contributed by atoms with Gasteiger partial charge in [-0.3, -0.25) is 14.5 Å². The Bertz CT molecular complexity index is 844. The Kier molecular flexibility index (Phi) is 8.29. The zero-order valence-electron chi connectivity index (χ0n) is 18.4. The quantitative estimate of drug-likeness (QED) is 0.503. The maximum atomic E-state index is 12.0. The van der Waals surface area contributed by atoms with Gasteiger partial charge in [0.25, 0.3) is 0 Å². The molecule has 3 rings (SSSR count). The number of aryl methyl sites for hydroxylation is 1. The lowest BCUT2D eigenvalue weighted by Gasteiger charge is -2.36. The fraction of sp³-hybridized carbons (Fsp3) is 0.417. The molecule has 1 aliphatic rings. The molecule has 1 fully saturated rings. The molecule has 1 saturated heterocycles. The second-order valence-electron chi connectivity index (χ2n) is 7.64. The fourth-order valence-corrected chi connectivity index (χ4v) is 3.62. The largest absolute Gasteiger partial charge is 0.497 e. The summed E-state index contributed by atoms with van der Waals surface area (Å²) in [6.45, 7) is 7.36. The predicted octanol–water partition coefficient (Wildman–Crippen LogP) is 2.52. The average molecular weight is 425 g/mol. The molecule has 2 N–H and O–H groups in total. The SMILES string of the molecule is CCc1ccc(NC(=O)C(=O)NCCCN2CCN(c3ccc(OC)cc3)CC2)cc1. The molecule has 1 heterocycles. The highest BCUT2D eigenvalue weighted by Gasteiger charge is 2.17. The van der Waals surface area contributed by atoms with E-state index in [1.165, 1.54) is 11.3 Å². The number of nitrogens with zero attached hydrogens (tertiary/aromatic N) is 2. The van der Waals surface area contributed by atoms with E-state index >= 15 is 0 Å². The molecule has 0 aromatic heterocycles. The zero-order valence-corrected chi connectivity index (χ0v) is 18.4. The summed E-state index contributed by atoms with van der Waals surface area (Å²) in [5.41, 5.74) is 3.03. The van der Waals surface area contributed by atoms with Gasteiger partial charge in [-0.15, -0.1) is 0 Å². The van der Waals surface area contributed by atoms with Gasteiger partial charge in [0.15, 0.2) is 0 Å². The molecule has 0 spiro atoms. The van der Waals surface area contributed by atoms with Crippen molar-refractivity contribution in [2.75, 3.05) is 56.6 Å². The van der Waals surface area contributed by atoms with Crippen molar-refractivity contribution in [3.8, 4) is 5.75 Å². The van der Waals surface area contributed by atoms with Crippen molar-refractivity contribution in [1.82, 2.24) is 10.2 Å². The highest BCUT2D eigenvalue weighted by Crippen LogP contribution is 2.20. The third-order valence-corrected chi connectivity index (χ3v) is 5.57. The molecule has 0 aliphatic carbocycles. The van der Waals surface area contributed by atoms with E-state index in [0.29, 0.717) is 12.2 Å². The lowest BCUT2D eigenvalue weighted by atomic mass is 10.1. The molecule has 7 heteroatoms. The Hall–Kier alpha value is -3.06. The summed E-state index contributed by atoms with van der Waals surface area (Å²) in [5.74, 6) is -0.353. The van der Waals surface area contributed by atoms with Crippen molar-refractivity contribution in [2.24, 2.45) is 0 Å². The highest BCUT2D eigenvalue weighted by atomic mass is 16.5. The summed E-state index contributed by atoms with van der Waals surface area (Å²) < 4.78 is 5.22. The molecular formula is C24H32N4O3. The summed E-state index contributed by atoms with van der Waals surface area (Å²) in [7, 11) is 1.67. The van der Waals surface area contributed by atoms with Crippen LogP contribution in [0.4, 0.5) is 11.4 Å². The smallest absolute Gasteiger partial charge is 0.313 e. The van der Waals surface area contributed by atoms with Gasteiger partial charge in [-0.25, -0.2) is 0 Å². The summed E-state index contributed by atoms with van der Waals surface area (Å²) in [5, 5.41) is 5.35. The maximum Gasteiger partial charge on any atom is 0.313 e. The number of hydrogen-bond acceptors (Lipinski definition) is 5. The van der Waals surface area contributed by atoms with E-state index in [1.807, 2.05) is 36.4 Å². The molecule has 0 bridgehead atoms. The first kappa shape index (κ1) is 22.6. The van der Waals surface area contributed by atoms with Crippen molar-refractivity contribution < 1.29 is 14.3 Å². The molecule has 7 nitrogen and oxygen atoms in total. The monoisotopic (exact) mass is 424 g/mol. The van der Waals surface area contributed by atoms with Crippen LogP contribution in [0.25, 0.3) is 0 Å². The van der Waals surface area contributed by atoms with E-state index in [1.54, 1.807) is 7.11 Å². The van der Waals surface area contributed by atoms with E-state index in [4.69, 9.17) is 4.74 Å². The fourth-order valence-electron chi connectivity index (χ4n) is 3.62. The van der Waals surface area contributed by atoms with Crippen molar-refractivity contribution in [3.05, 3.63) is 54.1 Å². The van der Waals surface area contributed by atoms with Crippen LogP contribution in [0.1, 0.15) is 18.9 Å². The lowest BCUT2D eigenvalue weighted by molar-refractivity contribution is -0.136. The number of benzene rings is 2. The summed E-state index contributed by atoms with van der Waals surface area (Å²) in [6.07, 6.45) is 1.75. The topological polar surface area (TPSA) is 73.9 Å². The minimum absolute atomic E-state index is 0.486. The molecule has 2 amide bonds. The predicted molar refractivity (Wildman–Crippen MR) is 124 cm³/mol. The number of ether oxygens (including phenoxy) is 1. The van der Waals surface area contributed by atoms with Crippen LogP contribution in [0.3, 0.4) is 0 Å². The number of amides is 2. The van der Waals surface area contributed by atoms with Gasteiger partial charge in [0.2, 0.25) is 0 Å². The normalized spacial score (nSPS) is 14.2. The van der Waals surface area contributed by atoms with Crippen LogP contribution in [0.15, 0.2) is 48.5 Å². The minimum atomic E-state index is -0.627. The van der Waals surface area contributed by atoms with Gasteiger partial charge in [0.05, 0.1) is 7.11 Å². The average Bonchev–Trinajstić information content (AvgIpc) is 2.82. The second-order valence-corrected chi connectivity index (χ2v) is 7.64. The minimum Gasteiger partial charge on any atom is -0.497 e. The third-order valence-electron chi connectivity index (χ3n) is 5.57. The molecule has 2 aromatic rings. The Morgan fingerprint density at radius 2 is 1.61 bits per heavy atom. The maximum absolute atomic E-state index is 12.0.